The second kappa shape index (κ2) is 12.5. The van der Waals surface area contributed by atoms with Crippen LogP contribution in [-0.4, -0.2) is 36.2 Å². The van der Waals surface area contributed by atoms with Gasteiger partial charge in [0.1, 0.15) is 29.6 Å². The normalized spacial score (nSPS) is 11.2. The first-order valence-electron chi connectivity index (χ1n) is 12.4. The summed E-state index contributed by atoms with van der Waals surface area (Å²) in [5.41, 5.74) is 2.46. The van der Waals surface area contributed by atoms with Crippen LogP contribution in [0.1, 0.15) is 36.9 Å². The van der Waals surface area contributed by atoms with Crippen molar-refractivity contribution in [2.75, 3.05) is 20.3 Å². The zero-order valence-electron chi connectivity index (χ0n) is 21.9. The lowest BCUT2D eigenvalue weighted by Gasteiger charge is -2.27. The number of nitrogens with zero attached hydrogens (tertiary/aromatic N) is 2. The van der Waals surface area contributed by atoms with E-state index in [-0.39, 0.29) is 12.6 Å². The fourth-order valence-electron chi connectivity index (χ4n) is 3.84. The number of oxazole rings is 1. The van der Waals surface area contributed by atoms with Gasteiger partial charge in [-0.2, -0.15) is 0 Å². The Morgan fingerprint density at radius 2 is 1.63 bits per heavy atom. The Balaban J connectivity index is 1.33. The molecule has 0 N–H and O–H groups in total. The number of hydrogen-bond donors (Lipinski definition) is 0. The molecule has 0 unspecified atom stereocenters. The number of methoxy groups -OCH3 is 1. The Morgan fingerprint density at radius 1 is 0.974 bits per heavy atom. The maximum absolute atomic E-state index is 12.8. The molecule has 4 rings (SSSR count). The van der Waals surface area contributed by atoms with Crippen molar-refractivity contribution in [3.63, 3.8) is 0 Å². The minimum atomic E-state index is -0.417. The van der Waals surface area contributed by atoms with Crippen molar-refractivity contribution in [1.82, 2.24) is 9.88 Å². The molecule has 3 aromatic carbocycles. The van der Waals surface area contributed by atoms with E-state index in [9.17, 15) is 4.79 Å². The predicted octanol–water partition coefficient (Wildman–Crippen LogP) is 6.67. The fourth-order valence-corrected chi connectivity index (χ4v) is 3.84. The second-order valence-corrected chi connectivity index (χ2v) is 8.45. The van der Waals surface area contributed by atoms with Crippen LogP contribution in [0.4, 0.5) is 4.79 Å². The zero-order chi connectivity index (χ0) is 26.9. The molecule has 38 heavy (non-hydrogen) atoms. The van der Waals surface area contributed by atoms with Gasteiger partial charge in [0.2, 0.25) is 5.89 Å². The molecule has 7 nitrogen and oxygen atoms in total. The molecule has 1 amide bonds. The van der Waals surface area contributed by atoms with Gasteiger partial charge in [0, 0.05) is 12.1 Å². The topological polar surface area (TPSA) is 74.0 Å². The van der Waals surface area contributed by atoms with E-state index in [2.05, 4.69) is 16.8 Å². The Kier molecular flexibility index (Phi) is 8.68. The molecule has 0 bridgehead atoms. The number of hydrogen-bond acceptors (Lipinski definition) is 6. The smallest absolute Gasteiger partial charge is 0.415 e. The van der Waals surface area contributed by atoms with Crippen molar-refractivity contribution in [1.29, 1.82) is 0 Å². The highest BCUT2D eigenvalue weighted by atomic mass is 16.6. The van der Waals surface area contributed by atoms with Gasteiger partial charge in [-0.3, -0.25) is 0 Å². The van der Waals surface area contributed by atoms with Crippen molar-refractivity contribution >= 4 is 6.09 Å². The molecule has 194 valence electrons. The van der Waals surface area contributed by atoms with Crippen LogP contribution in [0.2, 0.25) is 0 Å². The van der Waals surface area contributed by atoms with Crippen LogP contribution < -0.4 is 14.2 Å². The number of benzene rings is 3. The van der Waals surface area contributed by atoms with Gasteiger partial charge in [0.15, 0.2) is 5.69 Å². The summed E-state index contributed by atoms with van der Waals surface area (Å²) in [6, 6.07) is 24.0. The first-order valence-corrected chi connectivity index (χ1v) is 12.4. The molecule has 0 spiro atoms. The maximum Gasteiger partial charge on any atom is 0.415 e. The van der Waals surface area contributed by atoms with Crippen molar-refractivity contribution in [2.24, 2.45) is 0 Å². The molecule has 0 aliphatic heterocycles. The molecule has 0 aliphatic rings. The van der Waals surface area contributed by atoms with E-state index < -0.39 is 6.09 Å². The molecular formula is C31H30N2O5. The van der Waals surface area contributed by atoms with Gasteiger partial charge in [-0.15, -0.1) is 0 Å². The van der Waals surface area contributed by atoms with Gasteiger partial charge >= 0.3 is 6.09 Å². The van der Waals surface area contributed by atoms with E-state index >= 15 is 0 Å². The number of carbonyl (C=O) groups is 1. The minimum absolute atomic E-state index is 0.187. The summed E-state index contributed by atoms with van der Waals surface area (Å²) in [6.45, 7) is 6.43. The van der Waals surface area contributed by atoms with Crippen LogP contribution in [0, 0.1) is 18.8 Å². The summed E-state index contributed by atoms with van der Waals surface area (Å²) in [5.74, 6) is 9.07. The van der Waals surface area contributed by atoms with Crippen LogP contribution in [0.15, 0.2) is 83.3 Å². The number of carbonyl (C=O) groups excluding carboxylic acids is 1. The summed E-state index contributed by atoms with van der Waals surface area (Å²) < 4.78 is 22.2. The van der Waals surface area contributed by atoms with E-state index in [0.29, 0.717) is 41.1 Å². The fraction of sp³-hybridized carbons (Fsp3) is 0.226. The average molecular weight is 511 g/mol. The lowest BCUT2D eigenvalue weighted by molar-refractivity contribution is 0.138. The van der Waals surface area contributed by atoms with Crippen molar-refractivity contribution in [2.45, 2.75) is 26.8 Å². The van der Waals surface area contributed by atoms with Gasteiger partial charge in [-0.1, -0.05) is 36.3 Å². The van der Waals surface area contributed by atoms with Crippen LogP contribution in [0.3, 0.4) is 0 Å². The highest BCUT2D eigenvalue weighted by molar-refractivity contribution is 5.71. The van der Waals surface area contributed by atoms with Crippen LogP contribution in [-0.2, 0) is 0 Å². The van der Waals surface area contributed by atoms with E-state index in [1.54, 1.807) is 36.3 Å². The Hall–Kier alpha value is -4.70. The van der Waals surface area contributed by atoms with Gasteiger partial charge in [0.05, 0.1) is 13.2 Å². The highest BCUT2D eigenvalue weighted by Gasteiger charge is 2.22. The summed E-state index contributed by atoms with van der Waals surface area (Å²) >= 11 is 0. The average Bonchev–Trinajstić information content (AvgIpc) is 3.33. The summed E-state index contributed by atoms with van der Waals surface area (Å²) in [7, 11) is 1.59. The number of rotatable bonds is 8. The lowest BCUT2D eigenvalue weighted by Crippen LogP contribution is -2.35. The van der Waals surface area contributed by atoms with E-state index in [0.717, 1.165) is 11.1 Å². The van der Waals surface area contributed by atoms with Crippen LogP contribution in [0.25, 0.3) is 11.5 Å². The van der Waals surface area contributed by atoms with Gasteiger partial charge in [0.25, 0.3) is 0 Å². The molecular weight excluding hydrogens is 480 g/mol. The standard InChI is InChI=1S/C31H30N2O5/c1-5-33(31(34)38-28-19-17-26(35-4)18-20-28)22(2)24-13-15-27(16-14-24)36-21-9-12-29-23(3)37-30(32-29)25-10-7-6-8-11-25/h6-8,10-11,13-20,22H,5,21H2,1-4H3/t22-/m1/s1. The predicted molar refractivity (Wildman–Crippen MR) is 145 cm³/mol. The molecule has 1 heterocycles. The van der Waals surface area contributed by atoms with Crippen molar-refractivity contribution in [3.8, 4) is 40.5 Å². The van der Waals surface area contributed by atoms with Crippen molar-refractivity contribution in [3.05, 3.63) is 95.9 Å². The number of aryl methyl sites for hydroxylation is 1. The monoisotopic (exact) mass is 510 g/mol. The molecule has 4 aromatic rings. The molecule has 0 radical (unpaired) electrons. The third-order valence-electron chi connectivity index (χ3n) is 6.00. The summed E-state index contributed by atoms with van der Waals surface area (Å²) in [5, 5.41) is 0. The first kappa shape index (κ1) is 26.4. The Morgan fingerprint density at radius 3 is 2.29 bits per heavy atom. The van der Waals surface area contributed by atoms with Gasteiger partial charge in [-0.25, -0.2) is 9.78 Å². The maximum atomic E-state index is 12.8. The number of ether oxygens (including phenoxy) is 3. The summed E-state index contributed by atoms with van der Waals surface area (Å²) in [6.07, 6.45) is -0.417. The number of amides is 1. The quantitative estimate of drug-likeness (QED) is 0.247. The largest absolute Gasteiger partial charge is 0.497 e. The molecule has 0 fully saturated rings. The summed E-state index contributed by atoms with van der Waals surface area (Å²) in [4.78, 5) is 18.9. The molecule has 1 aromatic heterocycles. The lowest BCUT2D eigenvalue weighted by atomic mass is 10.1. The minimum Gasteiger partial charge on any atom is -0.497 e. The number of aromatic nitrogens is 1. The first-order chi connectivity index (χ1) is 18.5. The Bertz CT molecular complexity index is 1400. The Labute approximate surface area is 223 Å². The molecule has 0 saturated carbocycles. The van der Waals surface area contributed by atoms with E-state index in [1.165, 1.54) is 0 Å². The van der Waals surface area contributed by atoms with Crippen LogP contribution in [0.5, 0.6) is 17.2 Å². The van der Waals surface area contributed by atoms with Gasteiger partial charge in [-0.05, 0) is 80.8 Å². The van der Waals surface area contributed by atoms with Gasteiger partial charge < -0.3 is 23.5 Å². The van der Waals surface area contributed by atoms with Crippen LogP contribution >= 0.6 is 0 Å². The second-order valence-electron chi connectivity index (χ2n) is 8.45. The zero-order valence-corrected chi connectivity index (χ0v) is 21.9. The van der Waals surface area contributed by atoms with E-state index in [1.807, 2.05) is 75.4 Å². The van der Waals surface area contributed by atoms with E-state index in [4.69, 9.17) is 18.6 Å². The van der Waals surface area contributed by atoms with Crippen molar-refractivity contribution < 1.29 is 23.4 Å². The SMILES string of the molecule is CCN(C(=O)Oc1ccc(OC)cc1)[C@H](C)c1ccc(OCC#Cc2nc(-c3ccccc3)oc2C)cc1. The molecule has 1 atom stereocenters. The molecule has 0 aliphatic carbocycles. The molecule has 0 saturated heterocycles. The third-order valence-corrected chi connectivity index (χ3v) is 6.00. The molecule has 7 heteroatoms. The third kappa shape index (κ3) is 6.54. The highest BCUT2D eigenvalue weighted by Crippen LogP contribution is 2.25.